The van der Waals surface area contributed by atoms with E-state index >= 15 is 0 Å². The monoisotopic (exact) mass is 452 g/mol. The molecule has 0 radical (unpaired) electrons. The maximum absolute atomic E-state index is 13.2. The SMILES string of the molecule is CN(Cc1ccc(Br)s1)C(=O)c1cn(-c2ccccc2)nc1-c1cccnc1. The topological polar surface area (TPSA) is 51.0 Å². The molecule has 0 aliphatic rings. The van der Waals surface area contributed by atoms with Crippen LogP contribution in [0.1, 0.15) is 15.2 Å². The van der Waals surface area contributed by atoms with Crippen LogP contribution in [-0.4, -0.2) is 32.6 Å². The lowest BCUT2D eigenvalue weighted by molar-refractivity contribution is 0.0787. The average molecular weight is 453 g/mol. The van der Waals surface area contributed by atoms with Gasteiger partial charge in [-0.2, -0.15) is 5.10 Å². The van der Waals surface area contributed by atoms with E-state index in [9.17, 15) is 4.79 Å². The smallest absolute Gasteiger partial charge is 0.257 e. The Morgan fingerprint density at radius 1 is 1.14 bits per heavy atom. The van der Waals surface area contributed by atoms with Gasteiger partial charge < -0.3 is 4.90 Å². The molecular formula is C21H17BrN4OS. The summed E-state index contributed by atoms with van der Waals surface area (Å²) in [6, 6.07) is 17.5. The summed E-state index contributed by atoms with van der Waals surface area (Å²) < 4.78 is 2.79. The summed E-state index contributed by atoms with van der Waals surface area (Å²) in [6.45, 7) is 0.540. The molecule has 0 atom stereocenters. The fourth-order valence-electron chi connectivity index (χ4n) is 2.91. The van der Waals surface area contributed by atoms with E-state index in [4.69, 9.17) is 0 Å². The van der Waals surface area contributed by atoms with Crippen LogP contribution in [0.5, 0.6) is 0 Å². The molecule has 3 aromatic heterocycles. The first-order chi connectivity index (χ1) is 13.6. The summed E-state index contributed by atoms with van der Waals surface area (Å²) in [5.74, 6) is -0.0782. The Bertz CT molecular complexity index is 1090. The molecule has 7 heteroatoms. The van der Waals surface area contributed by atoms with Crippen LogP contribution in [0.15, 0.2) is 77.0 Å². The zero-order valence-corrected chi connectivity index (χ0v) is 17.5. The van der Waals surface area contributed by atoms with Gasteiger partial charge in [-0.1, -0.05) is 18.2 Å². The third kappa shape index (κ3) is 3.90. The number of hydrogen-bond acceptors (Lipinski definition) is 4. The lowest BCUT2D eigenvalue weighted by Crippen LogP contribution is -2.26. The normalized spacial score (nSPS) is 10.8. The summed E-state index contributed by atoms with van der Waals surface area (Å²) in [5.41, 5.74) is 2.89. The largest absolute Gasteiger partial charge is 0.336 e. The van der Waals surface area contributed by atoms with Gasteiger partial charge in [-0.05, 0) is 52.3 Å². The maximum atomic E-state index is 13.2. The van der Waals surface area contributed by atoms with E-state index in [1.165, 1.54) is 0 Å². The number of aromatic nitrogens is 3. The zero-order chi connectivity index (χ0) is 19.5. The average Bonchev–Trinajstić information content (AvgIpc) is 3.35. The van der Waals surface area contributed by atoms with Crippen LogP contribution in [0.4, 0.5) is 0 Å². The van der Waals surface area contributed by atoms with Crippen molar-refractivity contribution in [3.05, 3.63) is 87.4 Å². The Hall–Kier alpha value is -2.77. The van der Waals surface area contributed by atoms with Crippen molar-refractivity contribution in [2.75, 3.05) is 7.05 Å². The number of pyridine rings is 1. The van der Waals surface area contributed by atoms with Gasteiger partial charge in [0, 0.05) is 36.1 Å². The number of halogens is 1. The van der Waals surface area contributed by atoms with Crippen molar-refractivity contribution in [1.82, 2.24) is 19.7 Å². The molecule has 140 valence electrons. The van der Waals surface area contributed by atoms with Gasteiger partial charge in [0.25, 0.3) is 5.91 Å². The van der Waals surface area contributed by atoms with E-state index in [1.807, 2.05) is 61.6 Å². The molecule has 0 aliphatic carbocycles. The minimum Gasteiger partial charge on any atom is -0.336 e. The van der Waals surface area contributed by atoms with E-state index in [2.05, 4.69) is 26.0 Å². The second-order valence-corrected chi connectivity index (χ2v) is 8.83. The summed E-state index contributed by atoms with van der Waals surface area (Å²) >= 11 is 5.09. The molecule has 4 rings (SSSR count). The quantitative estimate of drug-likeness (QED) is 0.426. The van der Waals surface area contributed by atoms with Crippen molar-refractivity contribution in [2.45, 2.75) is 6.54 Å². The van der Waals surface area contributed by atoms with E-state index in [0.29, 0.717) is 17.8 Å². The number of hydrogen-bond donors (Lipinski definition) is 0. The fourth-order valence-corrected chi connectivity index (χ4v) is 4.44. The maximum Gasteiger partial charge on any atom is 0.257 e. The lowest BCUT2D eigenvalue weighted by atomic mass is 10.1. The standard InChI is InChI=1S/C21H17BrN4OS/c1-25(13-17-9-10-19(22)28-17)21(27)18-14-26(16-7-3-2-4-8-16)24-20(18)15-6-5-11-23-12-15/h2-12,14H,13H2,1H3. The van der Waals surface area contributed by atoms with Gasteiger partial charge in [0.05, 0.1) is 21.6 Å². The first-order valence-corrected chi connectivity index (χ1v) is 10.3. The fraction of sp³-hybridized carbons (Fsp3) is 0.0952. The number of thiophene rings is 1. The van der Waals surface area contributed by atoms with Gasteiger partial charge in [-0.3, -0.25) is 9.78 Å². The van der Waals surface area contributed by atoms with Crippen molar-refractivity contribution < 1.29 is 4.79 Å². The highest BCUT2D eigenvalue weighted by atomic mass is 79.9. The predicted octanol–water partition coefficient (Wildman–Crippen LogP) is 5.03. The Morgan fingerprint density at radius 3 is 2.64 bits per heavy atom. The van der Waals surface area contributed by atoms with Gasteiger partial charge in [0.1, 0.15) is 5.69 Å². The van der Waals surface area contributed by atoms with E-state index in [0.717, 1.165) is 19.9 Å². The van der Waals surface area contributed by atoms with Gasteiger partial charge in [-0.25, -0.2) is 4.68 Å². The zero-order valence-electron chi connectivity index (χ0n) is 15.1. The lowest BCUT2D eigenvalue weighted by Gasteiger charge is -2.16. The molecule has 0 bridgehead atoms. The molecule has 0 spiro atoms. The van der Waals surface area contributed by atoms with Crippen molar-refractivity contribution >= 4 is 33.2 Å². The van der Waals surface area contributed by atoms with Crippen LogP contribution in [-0.2, 0) is 6.54 Å². The summed E-state index contributed by atoms with van der Waals surface area (Å²) in [7, 11) is 1.81. The third-order valence-electron chi connectivity index (χ3n) is 4.27. The van der Waals surface area contributed by atoms with Crippen LogP contribution >= 0.6 is 27.3 Å². The number of benzene rings is 1. The van der Waals surface area contributed by atoms with Crippen LogP contribution < -0.4 is 0 Å². The second-order valence-electron chi connectivity index (χ2n) is 6.28. The van der Waals surface area contributed by atoms with E-state index in [-0.39, 0.29) is 5.91 Å². The number of carbonyl (C=O) groups excluding carboxylic acids is 1. The summed E-state index contributed by atoms with van der Waals surface area (Å²) in [6.07, 6.45) is 5.23. The molecule has 0 fully saturated rings. The minimum absolute atomic E-state index is 0.0782. The first kappa shape index (κ1) is 18.6. The summed E-state index contributed by atoms with van der Waals surface area (Å²) in [4.78, 5) is 20.2. The van der Waals surface area contributed by atoms with Crippen LogP contribution in [0.3, 0.4) is 0 Å². The molecule has 3 heterocycles. The van der Waals surface area contributed by atoms with Crippen molar-refractivity contribution in [1.29, 1.82) is 0 Å². The van der Waals surface area contributed by atoms with Crippen molar-refractivity contribution in [2.24, 2.45) is 0 Å². The molecule has 28 heavy (non-hydrogen) atoms. The molecule has 0 aliphatic heterocycles. The molecule has 4 aromatic rings. The molecule has 1 aromatic carbocycles. The van der Waals surface area contributed by atoms with Crippen LogP contribution in [0, 0.1) is 0 Å². The molecule has 1 amide bonds. The Kier molecular flexibility index (Phi) is 5.36. The molecule has 0 N–H and O–H groups in total. The Morgan fingerprint density at radius 2 is 1.96 bits per heavy atom. The van der Waals surface area contributed by atoms with Gasteiger partial charge in [-0.15, -0.1) is 11.3 Å². The molecule has 0 saturated carbocycles. The van der Waals surface area contributed by atoms with Gasteiger partial charge in [0.15, 0.2) is 0 Å². The molecular weight excluding hydrogens is 436 g/mol. The van der Waals surface area contributed by atoms with Crippen LogP contribution in [0.25, 0.3) is 16.9 Å². The molecule has 0 unspecified atom stereocenters. The number of nitrogens with zero attached hydrogens (tertiary/aromatic N) is 4. The van der Waals surface area contributed by atoms with E-state index in [1.54, 1.807) is 39.5 Å². The number of carbonyl (C=O) groups is 1. The van der Waals surface area contributed by atoms with Crippen molar-refractivity contribution in [3.8, 4) is 16.9 Å². The van der Waals surface area contributed by atoms with Gasteiger partial charge in [0.2, 0.25) is 0 Å². The van der Waals surface area contributed by atoms with Crippen molar-refractivity contribution in [3.63, 3.8) is 0 Å². The minimum atomic E-state index is -0.0782. The number of amides is 1. The Labute approximate surface area is 175 Å². The first-order valence-electron chi connectivity index (χ1n) is 8.67. The van der Waals surface area contributed by atoms with Gasteiger partial charge >= 0.3 is 0 Å². The predicted molar refractivity (Wildman–Crippen MR) is 115 cm³/mol. The highest BCUT2D eigenvalue weighted by Gasteiger charge is 2.22. The number of para-hydroxylation sites is 1. The number of rotatable bonds is 5. The highest BCUT2D eigenvalue weighted by Crippen LogP contribution is 2.26. The van der Waals surface area contributed by atoms with Crippen LogP contribution in [0.2, 0.25) is 0 Å². The molecule has 5 nitrogen and oxygen atoms in total. The third-order valence-corrected chi connectivity index (χ3v) is 5.88. The summed E-state index contributed by atoms with van der Waals surface area (Å²) in [5, 5.41) is 4.69. The Balaban J connectivity index is 1.72. The second kappa shape index (κ2) is 8.08. The molecule has 0 saturated heterocycles. The van der Waals surface area contributed by atoms with E-state index < -0.39 is 0 Å². The highest BCUT2D eigenvalue weighted by molar-refractivity contribution is 9.11.